The van der Waals surface area contributed by atoms with E-state index in [1.54, 1.807) is 7.11 Å². The topological polar surface area (TPSA) is 38.3 Å². The van der Waals surface area contributed by atoms with Gasteiger partial charge in [0.2, 0.25) is 11.1 Å². The average molecular weight is 355 g/mol. The smallest absolute Gasteiger partial charge is 0.261 e. The Morgan fingerprint density at radius 2 is 1.56 bits per heavy atom. The van der Waals surface area contributed by atoms with Crippen LogP contribution in [0.4, 0.5) is 11.4 Å². The van der Waals surface area contributed by atoms with Crippen LogP contribution in [0, 0.1) is 0 Å². The van der Waals surface area contributed by atoms with Crippen molar-refractivity contribution in [2.75, 3.05) is 12.4 Å². The van der Waals surface area contributed by atoms with Gasteiger partial charge in [-0.25, -0.2) is 0 Å². The van der Waals surface area contributed by atoms with Crippen molar-refractivity contribution in [2.24, 2.45) is 7.05 Å². The molecule has 0 aliphatic rings. The van der Waals surface area contributed by atoms with Crippen molar-refractivity contribution in [1.29, 1.82) is 0 Å². The van der Waals surface area contributed by atoms with E-state index in [9.17, 15) is 0 Å². The molecule has 5 aromatic rings. The first-order chi connectivity index (χ1) is 13.3. The lowest BCUT2D eigenvalue weighted by Crippen LogP contribution is -2.30. The van der Waals surface area contributed by atoms with Crippen molar-refractivity contribution in [3.63, 3.8) is 0 Å². The Kier molecular flexibility index (Phi) is 3.50. The number of methoxy groups -OCH3 is 1. The number of aromatic nitrogens is 1. The first-order valence-electron chi connectivity index (χ1n) is 8.90. The van der Waals surface area contributed by atoms with E-state index in [4.69, 9.17) is 9.15 Å². The molecule has 4 heteroatoms. The largest absolute Gasteiger partial charge is 0.495 e. The Labute approximate surface area is 156 Å². The summed E-state index contributed by atoms with van der Waals surface area (Å²) in [6.07, 6.45) is 0. The van der Waals surface area contributed by atoms with E-state index in [2.05, 4.69) is 41.2 Å². The van der Waals surface area contributed by atoms with Crippen LogP contribution in [-0.2, 0) is 7.05 Å². The summed E-state index contributed by atoms with van der Waals surface area (Å²) in [6.45, 7) is 0. The summed E-state index contributed by atoms with van der Waals surface area (Å²) < 4.78 is 14.0. The number of benzene rings is 3. The van der Waals surface area contributed by atoms with E-state index in [0.717, 1.165) is 50.1 Å². The molecule has 0 bridgehead atoms. The minimum Gasteiger partial charge on any atom is -0.495 e. The maximum atomic E-state index is 6.29. The summed E-state index contributed by atoms with van der Waals surface area (Å²) in [4.78, 5) is 0. The number of hydrogen-bond donors (Lipinski definition) is 1. The molecule has 0 fully saturated rings. The van der Waals surface area contributed by atoms with Crippen LogP contribution in [0.5, 0.6) is 5.75 Å². The van der Waals surface area contributed by atoms with Crippen LogP contribution in [0.3, 0.4) is 0 Å². The molecular weight excluding hydrogens is 336 g/mol. The second-order valence-corrected chi connectivity index (χ2v) is 6.55. The molecule has 0 aliphatic heterocycles. The predicted molar refractivity (Wildman–Crippen MR) is 109 cm³/mol. The number of rotatable bonds is 3. The second kappa shape index (κ2) is 6.02. The standard InChI is InChI=1S/C23H18N2O2/c1-25-18-12-6-3-9-15(18)21(24-17-11-5-8-14-20(17)26-2)23-22(25)16-10-4-7-13-19(16)27-23/h3-14H,1-2H3/p+1. The molecule has 132 valence electrons. The Morgan fingerprint density at radius 1 is 0.852 bits per heavy atom. The van der Waals surface area contributed by atoms with Gasteiger partial charge in [0.1, 0.15) is 24.1 Å². The molecule has 3 aromatic carbocycles. The monoisotopic (exact) mass is 355 g/mol. The summed E-state index contributed by atoms with van der Waals surface area (Å²) >= 11 is 0. The number of aryl methyl sites for hydroxylation is 1. The fraction of sp³-hybridized carbons (Fsp3) is 0.0870. The Balaban J connectivity index is 1.90. The number of pyridine rings is 1. The normalized spacial score (nSPS) is 11.3. The maximum Gasteiger partial charge on any atom is 0.261 e. The summed E-state index contributed by atoms with van der Waals surface area (Å²) in [5.41, 5.74) is 5.76. The molecule has 5 rings (SSSR count). The number of nitrogens with zero attached hydrogens (tertiary/aromatic N) is 1. The van der Waals surface area contributed by atoms with Crippen molar-refractivity contribution >= 4 is 44.3 Å². The zero-order chi connectivity index (χ0) is 18.4. The fourth-order valence-electron chi connectivity index (χ4n) is 3.76. The van der Waals surface area contributed by atoms with E-state index < -0.39 is 0 Å². The van der Waals surface area contributed by atoms with Crippen LogP contribution in [0.25, 0.3) is 33.0 Å². The number of furan rings is 1. The van der Waals surface area contributed by atoms with Crippen LogP contribution in [0.1, 0.15) is 0 Å². The van der Waals surface area contributed by atoms with Crippen molar-refractivity contribution < 1.29 is 13.7 Å². The van der Waals surface area contributed by atoms with Gasteiger partial charge >= 0.3 is 0 Å². The van der Waals surface area contributed by atoms with Crippen LogP contribution in [0.2, 0.25) is 0 Å². The van der Waals surface area contributed by atoms with Crippen LogP contribution in [-0.4, -0.2) is 7.11 Å². The highest BCUT2D eigenvalue weighted by Crippen LogP contribution is 2.38. The predicted octanol–water partition coefficient (Wildman–Crippen LogP) is 5.32. The maximum absolute atomic E-state index is 6.29. The summed E-state index contributed by atoms with van der Waals surface area (Å²) in [5, 5.41) is 5.76. The Bertz CT molecular complexity index is 1300. The highest BCUT2D eigenvalue weighted by molar-refractivity contribution is 6.12. The van der Waals surface area contributed by atoms with Crippen molar-refractivity contribution in [2.45, 2.75) is 0 Å². The number of hydrogen-bond acceptors (Lipinski definition) is 3. The minimum atomic E-state index is 0.791. The zero-order valence-corrected chi connectivity index (χ0v) is 15.2. The third kappa shape index (κ3) is 2.34. The van der Waals surface area contributed by atoms with Gasteiger partial charge in [0, 0.05) is 6.07 Å². The van der Waals surface area contributed by atoms with E-state index in [-0.39, 0.29) is 0 Å². The molecule has 0 spiro atoms. The summed E-state index contributed by atoms with van der Waals surface area (Å²) in [6, 6.07) is 24.4. The number of fused-ring (bicyclic) bond motifs is 4. The molecular formula is C23H19N2O2+. The molecule has 2 aromatic heterocycles. The van der Waals surface area contributed by atoms with E-state index in [1.807, 2.05) is 48.5 Å². The van der Waals surface area contributed by atoms with Gasteiger partial charge in [-0.05, 0) is 30.3 Å². The number of para-hydroxylation sites is 4. The average Bonchev–Trinajstić information content (AvgIpc) is 3.11. The molecule has 0 radical (unpaired) electrons. The van der Waals surface area contributed by atoms with Gasteiger partial charge in [-0.15, -0.1) is 0 Å². The molecule has 4 nitrogen and oxygen atoms in total. The highest BCUT2D eigenvalue weighted by Gasteiger charge is 2.24. The van der Waals surface area contributed by atoms with Gasteiger partial charge in [0.05, 0.1) is 23.6 Å². The van der Waals surface area contributed by atoms with Crippen molar-refractivity contribution in [1.82, 2.24) is 0 Å². The molecule has 0 unspecified atom stereocenters. The van der Waals surface area contributed by atoms with Gasteiger partial charge < -0.3 is 14.5 Å². The first kappa shape index (κ1) is 15.7. The molecule has 0 amide bonds. The molecule has 0 saturated heterocycles. The lowest BCUT2D eigenvalue weighted by molar-refractivity contribution is -0.616. The van der Waals surface area contributed by atoms with Crippen LogP contribution in [0.15, 0.2) is 77.2 Å². The van der Waals surface area contributed by atoms with Crippen molar-refractivity contribution in [3.8, 4) is 5.75 Å². The number of anilines is 2. The number of ether oxygens (including phenoxy) is 1. The zero-order valence-electron chi connectivity index (χ0n) is 15.2. The second-order valence-electron chi connectivity index (χ2n) is 6.55. The van der Waals surface area contributed by atoms with Gasteiger partial charge in [-0.1, -0.05) is 36.4 Å². The lowest BCUT2D eigenvalue weighted by atomic mass is 10.1. The fourth-order valence-corrected chi connectivity index (χ4v) is 3.76. The van der Waals surface area contributed by atoms with E-state index in [1.165, 1.54) is 0 Å². The highest BCUT2D eigenvalue weighted by atomic mass is 16.5. The van der Waals surface area contributed by atoms with Crippen LogP contribution < -0.4 is 14.6 Å². The lowest BCUT2D eigenvalue weighted by Gasteiger charge is -2.12. The van der Waals surface area contributed by atoms with Gasteiger partial charge in [-0.3, -0.25) is 0 Å². The van der Waals surface area contributed by atoms with Gasteiger partial charge in [-0.2, -0.15) is 4.57 Å². The minimum absolute atomic E-state index is 0.791. The molecule has 2 heterocycles. The summed E-state index contributed by atoms with van der Waals surface area (Å²) in [7, 11) is 3.76. The Hall–Kier alpha value is -3.53. The number of nitrogens with one attached hydrogen (secondary N) is 1. The van der Waals surface area contributed by atoms with E-state index in [0.29, 0.717) is 0 Å². The molecule has 0 saturated carbocycles. The molecule has 27 heavy (non-hydrogen) atoms. The first-order valence-corrected chi connectivity index (χ1v) is 8.90. The quantitative estimate of drug-likeness (QED) is 0.445. The SMILES string of the molecule is COc1ccccc1Nc1c2ccccc2[n+](C)c2c1oc1ccccc12. The Morgan fingerprint density at radius 3 is 2.41 bits per heavy atom. The van der Waals surface area contributed by atoms with Gasteiger partial charge in [0.25, 0.3) is 5.52 Å². The third-order valence-electron chi connectivity index (χ3n) is 5.03. The summed E-state index contributed by atoms with van der Waals surface area (Å²) in [5.74, 6) is 0.791. The molecule has 1 N–H and O–H groups in total. The molecule has 0 aliphatic carbocycles. The molecule has 0 atom stereocenters. The van der Waals surface area contributed by atoms with Gasteiger partial charge in [0.15, 0.2) is 0 Å². The third-order valence-corrected chi connectivity index (χ3v) is 5.03. The van der Waals surface area contributed by atoms with Crippen molar-refractivity contribution in [3.05, 3.63) is 72.8 Å². The van der Waals surface area contributed by atoms with Crippen LogP contribution >= 0.6 is 0 Å². The van der Waals surface area contributed by atoms with E-state index >= 15 is 0 Å².